The number of amides is 1. The van der Waals surface area contributed by atoms with Crippen molar-refractivity contribution in [2.24, 2.45) is 0 Å². The second kappa shape index (κ2) is 4.98. The number of likely N-dealkylation sites (N-methyl/N-ethyl adjacent to an activating group) is 1. The summed E-state index contributed by atoms with van der Waals surface area (Å²) in [4.78, 5) is 12.2. The molecule has 1 fully saturated rings. The minimum atomic E-state index is -0.355. The van der Waals surface area contributed by atoms with Crippen molar-refractivity contribution in [1.82, 2.24) is 4.90 Å². The Hall–Kier alpha value is -0.770. The molecular formula is C8H17NO3. The first-order valence-electron chi connectivity index (χ1n) is 4.21. The summed E-state index contributed by atoms with van der Waals surface area (Å²) in [5.41, 5.74) is 0. The van der Waals surface area contributed by atoms with Crippen LogP contribution in [0.15, 0.2) is 0 Å². The van der Waals surface area contributed by atoms with Crippen molar-refractivity contribution in [2.75, 3.05) is 13.7 Å². The van der Waals surface area contributed by atoms with E-state index in [2.05, 4.69) is 0 Å². The minimum absolute atomic E-state index is 0.0383. The molecule has 0 aromatic heterocycles. The summed E-state index contributed by atoms with van der Waals surface area (Å²) in [7, 11) is 1.62. The first-order chi connectivity index (χ1) is 5.66. The van der Waals surface area contributed by atoms with Gasteiger partial charge in [-0.2, -0.15) is 0 Å². The van der Waals surface area contributed by atoms with Crippen LogP contribution in [0.5, 0.6) is 0 Å². The Labute approximate surface area is 73.1 Å². The molecule has 0 saturated carbocycles. The highest BCUT2D eigenvalue weighted by Gasteiger charge is 2.35. The number of carbonyl (C=O) groups is 1. The van der Waals surface area contributed by atoms with Crippen LogP contribution in [0.2, 0.25) is 0 Å². The van der Waals surface area contributed by atoms with Crippen molar-refractivity contribution in [3.8, 4) is 0 Å². The quantitative estimate of drug-likeness (QED) is 0.642. The largest absolute Gasteiger partial charge is 0.444 e. The average Bonchev–Trinajstić information content (AvgIpc) is 2.31. The first-order valence-corrected chi connectivity index (χ1v) is 4.21. The van der Waals surface area contributed by atoms with Gasteiger partial charge in [0.25, 0.3) is 0 Å². The molecule has 1 aliphatic rings. The maximum atomic E-state index is 10.7. The van der Waals surface area contributed by atoms with Gasteiger partial charge in [0.1, 0.15) is 6.10 Å². The molecule has 0 aromatic carbocycles. The monoisotopic (exact) mass is 175 g/mol. The molecule has 0 aromatic rings. The van der Waals surface area contributed by atoms with E-state index in [1.54, 1.807) is 14.0 Å². The number of hydrogen-bond acceptors (Lipinski definition) is 3. The van der Waals surface area contributed by atoms with E-state index < -0.39 is 0 Å². The molecule has 1 amide bonds. The van der Waals surface area contributed by atoms with Crippen molar-refractivity contribution in [1.29, 1.82) is 0 Å². The molecule has 0 bridgehead atoms. The molecule has 0 spiro atoms. The number of aliphatic hydroxyl groups is 1. The van der Waals surface area contributed by atoms with Crippen LogP contribution >= 0.6 is 0 Å². The molecule has 1 N–H and O–H groups in total. The van der Waals surface area contributed by atoms with E-state index in [9.17, 15) is 4.79 Å². The Morgan fingerprint density at radius 3 is 2.25 bits per heavy atom. The molecule has 0 radical (unpaired) electrons. The summed E-state index contributed by atoms with van der Waals surface area (Å²) < 4.78 is 4.80. The molecule has 4 nitrogen and oxygen atoms in total. The Balaban J connectivity index is 0.000000561. The number of aliphatic hydroxyl groups excluding tert-OH is 1. The second-order valence-corrected chi connectivity index (χ2v) is 2.45. The molecule has 4 heteroatoms. The van der Waals surface area contributed by atoms with Crippen LogP contribution in [-0.2, 0) is 4.74 Å². The van der Waals surface area contributed by atoms with Gasteiger partial charge in [-0.1, -0.05) is 13.8 Å². The molecule has 2 atom stereocenters. The van der Waals surface area contributed by atoms with E-state index in [-0.39, 0.29) is 24.8 Å². The summed E-state index contributed by atoms with van der Waals surface area (Å²) >= 11 is 0. The van der Waals surface area contributed by atoms with Gasteiger partial charge in [-0.25, -0.2) is 4.79 Å². The van der Waals surface area contributed by atoms with Crippen LogP contribution < -0.4 is 0 Å². The molecule has 2 unspecified atom stereocenters. The van der Waals surface area contributed by atoms with Crippen LogP contribution in [0, 0.1) is 0 Å². The van der Waals surface area contributed by atoms with Gasteiger partial charge < -0.3 is 14.7 Å². The topological polar surface area (TPSA) is 49.8 Å². The van der Waals surface area contributed by atoms with Crippen LogP contribution in [0.3, 0.4) is 0 Å². The summed E-state index contributed by atoms with van der Waals surface area (Å²) in [6.45, 7) is 5.73. The lowest BCUT2D eigenvalue weighted by Gasteiger charge is -2.15. The molecule has 1 aliphatic heterocycles. The van der Waals surface area contributed by atoms with E-state index in [0.29, 0.717) is 0 Å². The summed E-state index contributed by atoms with van der Waals surface area (Å²) in [5, 5.41) is 8.75. The maximum Gasteiger partial charge on any atom is 0.410 e. The lowest BCUT2D eigenvalue weighted by molar-refractivity contribution is 0.129. The van der Waals surface area contributed by atoms with E-state index in [0.717, 1.165) is 0 Å². The lowest BCUT2D eigenvalue weighted by atomic mass is 10.2. The number of rotatable bonds is 1. The standard InChI is InChI=1S/C6H11NO3.C2H6/c1-4-5(3-8)7(2)6(9)10-4;1-2/h4-5,8H,3H2,1-2H3;1-2H3. The van der Waals surface area contributed by atoms with Crippen LogP contribution in [0.25, 0.3) is 0 Å². The van der Waals surface area contributed by atoms with Crippen molar-refractivity contribution < 1.29 is 14.6 Å². The molecule has 0 aliphatic carbocycles. The van der Waals surface area contributed by atoms with E-state index in [4.69, 9.17) is 9.84 Å². The Kier molecular flexibility index (Phi) is 4.66. The zero-order chi connectivity index (χ0) is 9.72. The highest BCUT2D eigenvalue weighted by Crippen LogP contribution is 2.15. The fourth-order valence-corrected chi connectivity index (χ4v) is 1.04. The number of carbonyl (C=O) groups excluding carboxylic acids is 1. The van der Waals surface area contributed by atoms with Crippen LogP contribution in [-0.4, -0.2) is 41.9 Å². The SMILES string of the molecule is CC.CC1OC(=O)N(C)C1CO. The Morgan fingerprint density at radius 1 is 1.58 bits per heavy atom. The van der Waals surface area contributed by atoms with Gasteiger partial charge in [-0.05, 0) is 6.92 Å². The van der Waals surface area contributed by atoms with Crippen LogP contribution in [0.4, 0.5) is 4.79 Å². The molecular weight excluding hydrogens is 158 g/mol. The fourth-order valence-electron chi connectivity index (χ4n) is 1.04. The molecule has 1 saturated heterocycles. The predicted molar refractivity (Wildman–Crippen MR) is 45.9 cm³/mol. The highest BCUT2D eigenvalue weighted by atomic mass is 16.6. The fraction of sp³-hybridized carbons (Fsp3) is 0.875. The van der Waals surface area contributed by atoms with E-state index >= 15 is 0 Å². The van der Waals surface area contributed by atoms with Crippen molar-refractivity contribution in [3.05, 3.63) is 0 Å². The van der Waals surface area contributed by atoms with E-state index in [1.807, 2.05) is 13.8 Å². The smallest absolute Gasteiger partial charge is 0.410 e. The third-order valence-corrected chi connectivity index (χ3v) is 1.80. The van der Waals surface area contributed by atoms with Gasteiger partial charge in [-0.15, -0.1) is 0 Å². The lowest BCUT2D eigenvalue weighted by Crippen LogP contribution is -2.35. The number of hydrogen-bond donors (Lipinski definition) is 1. The first kappa shape index (κ1) is 11.2. The third kappa shape index (κ3) is 2.11. The third-order valence-electron chi connectivity index (χ3n) is 1.80. The van der Waals surface area contributed by atoms with Gasteiger partial charge in [-0.3, -0.25) is 0 Å². The van der Waals surface area contributed by atoms with Crippen molar-refractivity contribution in [2.45, 2.75) is 32.9 Å². The summed E-state index contributed by atoms with van der Waals surface area (Å²) in [6, 6.07) is -0.174. The minimum Gasteiger partial charge on any atom is -0.444 e. The second-order valence-electron chi connectivity index (χ2n) is 2.45. The van der Waals surface area contributed by atoms with Crippen molar-refractivity contribution in [3.63, 3.8) is 0 Å². The van der Waals surface area contributed by atoms with Crippen LogP contribution in [0.1, 0.15) is 20.8 Å². The number of nitrogens with zero attached hydrogens (tertiary/aromatic N) is 1. The van der Waals surface area contributed by atoms with Gasteiger partial charge in [0.15, 0.2) is 0 Å². The summed E-state index contributed by atoms with van der Waals surface area (Å²) in [6.07, 6.45) is -0.547. The number of cyclic esters (lactones) is 1. The van der Waals surface area contributed by atoms with Gasteiger partial charge in [0.05, 0.1) is 12.6 Å². The molecule has 12 heavy (non-hydrogen) atoms. The highest BCUT2D eigenvalue weighted by molar-refractivity contribution is 5.70. The van der Waals surface area contributed by atoms with Gasteiger partial charge >= 0.3 is 6.09 Å². The Bertz CT molecular complexity index is 149. The van der Waals surface area contributed by atoms with E-state index in [1.165, 1.54) is 4.90 Å². The average molecular weight is 175 g/mol. The normalized spacial score (nSPS) is 27.8. The molecule has 72 valence electrons. The zero-order valence-electron chi connectivity index (χ0n) is 8.07. The maximum absolute atomic E-state index is 10.7. The zero-order valence-corrected chi connectivity index (χ0v) is 8.07. The van der Waals surface area contributed by atoms with Crippen molar-refractivity contribution >= 4 is 6.09 Å². The predicted octanol–water partition coefficient (Wildman–Crippen LogP) is 0.844. The van der Waals surface area contributed by atoms with Gasteiger partial charge in [0.2, 0.25) is 0 Å². The summed E-state index contributed by atoms with van der Waals surface area (Å²) in [5.74, 6) is 0. The van der Waals surface area contributed by atoms with Gasteiger partial charge in [0, 0.05) is 7.05 Å². The molecule has 1 rings (SSSR count). The number of ether oxygens (including phenoxy) is 1. The Morgan fingerprint density at radius 2 is 2.08 bits per heavy atom. The molecule has 1 heterocycles.